The molecule has 0 saturated heterocycles. The molecule has 2 rings (SSSR count). The van der Waals surface area contributed by atoms with Gasteiger partial charge in [0.25, 0.3) is 0 Å². The zero-order valence-electron chi connectivity index (χ0n) is 11.3. The summed E-state index contributed by atoms with van der Waals surface area (Å²) in [5.41, 5.74) is 2.20. The Morgan fingerprint density at radius 2 is 1.95 bits per heavy atom. The van der Waals surface area contributed by atoms with E-state index in [4.69, 9.17) is 16.9 Å². The molecule has 0 bridgehead atoms. The van der Waals surface area contributed by atoms with E-state index >= 15 is 0 Å². The van der Waals surface area contributed by atoms with Gasteiger partial charge in [0.15, 0.2) is 5.78 Å². The number of nitriles is 1. The first-order chi connectivity index (χ1) is 9.63. The molecule has 0 spiro atoms. The van der Waals surface area contributed by atoms with Gasteiger partial charge in [0, 0.05) is 26.8 Å². The van der Waals surface area contributed by atoms with E-state index in [0.29, 0.717) is 0 Å². The summed E-state index contributed by atoms with van der Waals surface area (Å²) in [4.78, 5) is 11.7. The molecule has 0 aromatic heterocycles. The smallest absolute Gasteiger partial charge is 0.181 e. The van der Waals surface area contributed by atoms with E-state index in [9.17, 15) is 4.79 Å². The number of carbonyl (C=O) groups is 1. The van der Waals surface area contributed by atoms with Crippen molar-refractivity contribution in [2.24, 2.45) is 0 Å². The molecule has 0 radical (unpaired) electrons. The molecule has 2 aromatic carbocycles. The van der Waals surface area contributed by atoms with Crippen LogP contribution in [0.2, 0.25) is 0 Å². The average Bonchev–Trinajstić information content (AvgIpc) is 2.45. The third-order valence-corrected chi connectivity index (χ3v) is 3.68. The van der Waals surface area contributed by atoms with Gasteiger partial charge in [-0.2, -0.15) is 5.26 Å². The van der Waals surface area contributed by atoms with Crippen LogP contribution in [0.4, 0.5) is 0 Å². The maximum atomic E-state index is 11.7. The molecule has 21 heavy (non-hydrogen) atoms. The summed E-state index contributed by atoms with van der Waals surface area (Å²) < 4.78 is 0. The van der Waals surface area contributed by atoms with Gasteiger partial charge in [-0.3, -0.25) is 4.79 Å². The van der Waals surface area contributed by atoms with Crippen molar-refractivity contribution in [3.05, 3.63) is 53.1 Å². The third kappa shape index (κ3) is 4.74. The fraction of sp³-hybridized carbons (Fsp3) is 0.125. The molecule has 2 nitrogen and oxygen atoms in total. The summed E-state index contributed by atoms with van der Waals surface area (Å²) in [6.45, 7) is 2.05. The Labute approximate surface area is 147 Å². The first kappa shape index (κ1) is 18.0. The van der Waals surface area contributed by atoms with E-state index in [-0.39, 0.29) is 38.2 Å². The number of Topliss-reactive ketones (excluding diaryl/α,β-unsaturated/α-hetero) is 1. The summed E-state index contributed by atoms with van der Waals surface area (Å²) in [6, 6.07) is 14.0. The molecule has 0 saturated carbocycles. The minimum absolute atomic E-state index is 0. The van der Waals surface area contributed by atoms with Crippen LogP contribution in [0.25, 0.3) is 16.8 Å². The number of fused-ring (bicyclic) bond motifs is 1. The van der Waals surface area contributed by atoms with Crippen molar-refractivity contribution in [1.82, 2.24) is 0 Å². The summed E-state index contributed by atoms with van der Waals surface area (Å²) >= 11 is 4.69. The van der Waals surface area contributed by atoms with E-state index in [0.717, 1.165) is 27.1 Å². The molecule has 106 valence electrons. The SMILES string of the molecule is Cc1ccc2cc(/C=C(\C#N)C(=O)CS[S-])ccc2c1.[W]. The van der Waals surface area contributed by atoms with Gasteiger partial charge in [-0.25, -0.2) is 0 Å². The molecule has 0 atom stereocenters. The summed E-state index contributed by atoms with van der Waals surface area (Å²) in [5, 5.41) is 11.3. The number of benzene rings is 2. The minimum Gasteiger partial charge on any atom is -0.719 e. The van der Waals surface area contributed by atoms with Crippen LogP contribution in [0.15, 0.2) is 42.0 Å². The van der Waals surface area contributed by atoms with Gasteiger partial charge in [0.1, 0.15) is 6.07 Å². The number of aryl methyl sites for hydroxylation is 1. The number of hydrogen-bond donors (Lipinski definition) is 0. The molecule has 0 aliphatic heterocycles. The van der Waals surface area contributed by atoms with Crippen LogP contribution >= 0.6 is 10.8 Å². The molecule has 0 aliphatic rings. The Kier molecular flexibility index (Phi) is 7.25. The van der Waals surface area contributed by atoms with E-state index in [1.807, 2.05) is 43.3 Å². The molecule has 0 aliphatic carbocycles. The Bertz CT molecular complexity index is 735. The van der Waals surface area contributed by atoms with Crippen LogP contribution < -0.4 is 0 Å². The second kappa shape index (κ2) is 8.44. The predicted molar refractivity (Wildman–Crippen MR) is 87.1 cm³/mol. The molecule has 0 unspecified atom stereocenters. The van der Waals surface area contributed by atoms with Crippen LogP contribution in [-0.2, 0) is 37.5 Å². The molecule has 0 amide bonds. The molecule has 5 heteroatoms. The van der Waals surface area contributed by atoms with Gasteiger partial charge >= 0.3 is 0 Å². The van der Waals surface area contributed by atoms with Crippen molar-refractivity contribution in [3.8, 4) is 6.07 Å². The first-order valence-corrected chi connectivity index (χ1v) is 7.95. The van der Waals surface area contributed by atoms with Crippen molar-refractivity contribution >= 4 is 45.1 Å². The average molecular weight is 482 g/mol. The Morgan fingerprint density at radius 3 is 2.62 bits per heavy atom. The third-order valence-electron chi connectivity index (χ3n) is 2.94. The number of hydrogen-bond acceptors (Lipinski definition) is 4. The fourth-order valence-electron chi connectivity index (χ4n) is 1.95. The number of allylic oxidation sites excluding steroid dienone is 1. The second-order valence-corrected chi connectivity index (χ2v) is 5.70. The number of nitrogens with zero attached hydrogens (tertiary/aromatic N) is 1. The van der Waals surface area contributed by atoms with Crippen molar-refractivity contribution < 1.29 is 25.9 Å². The van der Waals surface area contributed by atoms with E-state index in [2.05, 4.69) is 6.07 Å². The maximum Gasteiger partial charge on any atom is 0.181 e. The quantitative estimate of drug-likeness (QED) is 0.288. The van der Waals surface area contributed by atoms with Gasteiger partial charge in [-0.15, -0.1) is 0 Å². The Balaban J connectivity index is 0.00000220. The second-order valence-electron chi connectivity index (χ2n) is 4.47. The van der Waals surface area contributed by atoms with Crippen molar-refractivity contribution in [2.75, 3.05) is 5.75 Å². The van der Waals surface area contributed by atoms with Crippen molar-refractivity contribution in [2.45, 2.75) is 6.92 Å². The largest absolute Gasteiger partial charge is 0.719 e. The summed E-state index contributed by atoms with van der Waals surface area (Å²) in [5.74, 6) is -0.0712. The molecule has 2 aromatic rings. The number of ketones is 1. The molecular weight excluding hydrogens is 470 g/mol. The molecule has 0 heterocycles. The predicted octanol–water partition coefficient (Wildman–Crippen LogP) is 3.82. The van der Waals surface area contributed by atoms with Crippen LogP contribution in [0.1, 0.15) is 11.1 Å². The van der Waals surface area contributed by atoms with Crippen LogP contribution in [0, 0.1) is 18.3 Å². The zero-order valence-corrected chi connectivity index (χ0v) is 15.9. The summed E-state index contributed by atoms with van der Waals surface area (Å²) in [7, 11) is 1.01. The van der Waals surface area contributed by atoms with Gasteiger partial charge < -0.3 is 22.5 Å². The Morgan fingerprint density at radius 1 is 1.29 bits per heavy atom. The van der Waals surface area contributed by atoms with Crippen LogP contribution in [0.3, 0.4) is 0 Å². The number of carbonyl (C=O) groups excluding carboxylic acids is 1. The fourth-order valence-corrected chi connectivity index (χ4v) is 2.53. The van der Waals surface area contributed by atoms with Crippen molar-refractivity contribution in [3.63, 3.8) is 0 Å². The molecule has 0 fully saturated rings. The number of rotatable bonds is 4. The van der Waals surface area contributed by atoms with Gasteiger partial charge in [0.2, 0.25) is 0 Å². The van der Waals surface area contributed by atoms with Gasteiger partial charge in [0.05, 0.1) is 5.57 Å². The maximum absolute atomic E-state index is 11.7. The monoisotopic (exact) mass is 482 g/mol. The van der Waals surface area contributed by atoms with E-state index < -0.39 is 0 Å². The van der Waals surface area contributed by atoms with Gasteiger partial charge in [-0.1, -0.05) is 35.9 Å². The summed E-state index contributed by atoms with van der Waals surface area (Å²) in [6.07, 6.45) is 1.62. The Hall–Kier alpha value is -1.01. The molecule has 0 N–H and O–H groups in total. The first-order valence-electron chi connectivity index (χ1n) is 6.04. The van der Waals surface area contributed by atoms with E-state index in [1.54, 1.807) is 6.08 Å². The minimum atomic E-state index is -0.225. The van der Waals surface area contributed by atoms with E-state index in [1.165, 1.54) is 5.56 Å². The normalized spacial score (nSPS) is 10.8. The van der Waals surface area contributed by atoms with Crippen molar-refractivity contribution in [1.29, 1.82) is 5.26 Å². The standard InChI is InChI=1S/C16H13NOS2.W/c1-11-2-4-14-7-12(3-5-13(14)6-11)8-15(9-17)16(18)10-20-19;/h2-8,19H,10H2,1H3;/p-1/b15-8+;. The molecular formula is C16H12NOS2W-. The van der Waals surface area contributed by atoms with Gasteiger partial charge in [-0.05, 0) is 35.4 Å². The topological polar surface area (TPSA) is 40.9 Å². The van der Waals surface area contributed by atoms with Crippen LogP contribution in [0.5, 0.6) is 0 Å². The zero-order chi connectivity index (χ0) is 14.5. The van der Waals surface area contributed by atoms with Crippen LogP contribution in [-0.4, -0.2) is 11.5 Å².